The minimum absolute atomic E-state index is 0.668. The molecule has 1 unspecified atom stereocenters. The highest BCUT2D eigenvalue weighted by atomic mass is 16.5. The van der Waals surface area contributed by atoms with E-state index in [1.165, 1.54) is 25.8 Å². The van der Waals surface area contributed by atoms with Gasteiger partial charge in [-0.2, -0.15) is 5.10 Å². The van der Waals surface area contributed by atoms with Gasteiger partial charge < -0.3 is 10.1 Å². The summed E-state index contributed by atoms with van der Waals surface area (Å²) in [6, 6.07) is 2.65. The van der Waals surface area contributed by atoms with Gasteiger partial charge in [0.1, 0.15) is 0 Å². The molecule has 5 heteroatoms. The van der Waals surface area contributed by atoms with E-state index in [0.717, 1.165) is 32.8 Å². The van der Waals surface area contributed by atoms with Crippen molar-refractivity contribution >= 4 is 0 Å². The molecule has 0 aliphatic carbocycles. The molecule has 2 heterocycles. The minimum Gasteiger partial charge on any atom is -0.383 e. The summed E-state index contributed by atoms with van der Waals surface area (Å²) in [5, 5.41) is 7.76. The van der Waals surface area contributed by atoms with E-state index in [0.29, 0.717) is 6.04 Å². The number of rotatable bonds is 8. The van der Waals surface area contributed by atoms with Crippen molar-refractivity contribution < 1.29 is 4.74 Å². The summed E-state index contributed by atoms with van der Waals surface area (Å²) in [5.41, 5.74) is 0. The summed E-state index contributed by atoms with van der Waals surface area (Å²) in [6.07, 6.45) is 7.87. The Morgan fingerprint density at radius 2 is 2.32 bits per heavy atom. The van der Waals surface area contributed by atoms with Crippen LogP contribution in [0.1, 0.15) is 19.3 Å². The first-order valence-corrected chi connectivity index (χ1v) is 7.31. The molecule has 1 aliphatic heterocycles. The maximum absolute atomic E-state index is 5.07. The summed E-state index contributed by atoms with van der Waals surface area (Å²) in [7, 11) is 1.75. The fourth-order valence-electron chi connectivity index (χ4n) is 2.69. The first-order chi connectivity index (χ1) is 9.40. The fourth-order valence-corrected chi connectivity index (χ4v) is 2.69. The van der Waals surface area contributed by atoms with E-state index in [4.69, 9.17) is 4.74 Å². The van der Waals surface area contributed by atoms with Crippen LogP contribution < -0.4 is 5.32 Å². The third kappa shape index (κ3) is 4.93. The lowest BCUT2D eigenvalue weighted by Crippen LogP contribution is -2.47. The summed E-state index contributed by atoms with van der Waals surface area (Å²) < 4.78 is 7.08. The molecule has 1 aliphatic rings. The predicted octanol–water partition coefficient (Wildman–Crippen LogP) is 0.974. The van der Waals surface area contributed by atoms with E-state index >= 15 is 0 Å². The molecular weight excluding hydrogens is 240 g/mol. The van der Waals surface area contributed by atoms with Crippen molar-refractivity contribution in [2.45, 2.75) is 31.8 Å². The number of nitrogens with one attached hydrogen (secondary N) is 1. The summed E-state index contributed by atoms with van der Waals surface area (Å²) >= 11 is 0. The number of nitrogens with zero attached hydrogens (tertiary/aromatic N) is 3. The molecule has 0 radical (unpaired) electrons. The Morgan fingerprint density at radius 1 is 1.37 bits per heavy atom. The van der Waals surface area contributed by atoms with Gasteiger partial charge in [0, 0.05) is 45.2 Å². The Hall–Kier alpha value is -0.910. The molecule has 1 N–H and O–H groups in total. The second-order valence-electron chi connectivity index (χ2n) is 5.15. The normalized spacial score (nSPS) is 20.8. The Bertz CT molecular complexity index is 328. The lowest BCUT2D eigenvalue weighted by molar-refractivity contribution is 0.134. The average Bonchev–Trinajstić information content (AvgIpc) is 2.96. The van der Waals surface area contributed by atoms with Gasteiger partial charge in [0.05, 0.1) is 13.2 Å². The van der Waals surface area contributed by atoms with E-state index in [2.05, 4.69) is 15.3 Å². The molecule has 2 rings (SSSR count). The quantitative estimate of drug-likeness (QED) is 0.712. The van der Waals surface area contributed by atoms with Crippen molar-refractivity contribution in [1.82, 2.24) is 20.0 Å². The van der Waals surface area contributed by atoms with E-state index in [1.807, 2.05) is 23.1 Å². The van der Waals surface area contributed by atoms with E-state index < -0.39 is 0 Å². The van der Waals surface area contributed by atoms with Crippen LogP contribution in [-0.2, 0) is 11.3 Å². The Labute approximate surface area is 115 Å². The van der Waals surface area contributed by atoms with Gasteiger partial charge in [0.15, 0.2) is 0 Å². The molecule has 5 nitrogen and oxygen atoms in total. The smallest absolute Gasteiger partial charge is 0.0587 e. The number of hydrogen-bond acceptors (Lipinski definition) is 4. The van der Waals surface area contributed by atoms with Crippen molar-refractivity contribution in [2.24, 2.45) is 0 Å². The molecule has 1 atom stereocenters. The maximum Gasteiger partial charge on any atom is 0.0587 e. The molecule has 1 saturated heterocycles. The number of hydrogen-bond donors (Lipinski definition) is 1. The van der Waals surface area contributed by atoms with Gasteiger partial charge in [-0.25, -0.2) is 0 Å². The van der Waals surface area contributed by atoms with Crippen molar-refractivity contribution in [2.75, 3.05) is 39.9 Å². The highest BCUT2D eigenvalue weighted by molar-refractivity contribution is 4.81. The molecule has 19 heavy (non-hydrogen) atoms. The molecule has 0 aromatic carbocycles. The van der Waals surface area contributed by atoms with Crippen molar-refractivity contribution in [3.63, 3.8) is 0 Å². The van der Waals surface area contributed by atoms with Gasteiger partial charge in [0.2, 0.25) is 0 Å². The van der Waals surface area contributed by atoms with Gasteiger partial charge >= 0.3 is 0 Å². The third-order valence-corrected chi connectivity index (χ3v) is 3.79. The molecule has 1 aromatic rings. The number of piperidine rings is 1. The maximum atomic E-state index is 5.07. The SMILES string of the molecule is COCCNCC1CCCCN1CCn1cccn1. The van der Waals surface area contributed by atoms with Crippen LogP contribution in [0.4, 0.5) is 0 Å². The highest BCUT2D eigenvalue weighted by Gasteiger charge is 2.21. The van der Waals surface area contributed by atoms with Crippen molar-refractivity contribution in [3.05, 3.63) is 18.5 Å². The fraction of sp³-hybridized carbons (Fsp3) is 0.786. The number of aromatic nitrogens is 2. The van der Waals surface area contributed by atoms with Gasteiger partial charge in [-0.15, -0.1) is 0 Å². The van der Waals surface area contributed by atoms with Crippen LogP contribution >= 0.6 is 0 Å². The van der Waals surface area contributed by atoms with Crippen LogP contribution in [-0.4, -0.2) is 60.6 Å². The van der Waals surface area contributed by atoms with Crippen LogP contribution in [0.5, 0.6) is 0 Å². The topological polar surface area (TPSA) is 42.3 Å². The second-order valence-corrected chi connectivity index (χ2v) is 5.15. The van der Waals surface area contributed by atoms with E-state index in [9.17, 15) is 0 Å². The van der Waals surface area contributed by atoms with Gasteiger partial charge in [-0.05, 0) is 25.5 Å². The number of methoxy groups -OCH3 is 1. The second kappa shape index (κ2) is 8.30. The van der Waals surface area contributed by atoms with Crippen LogP contribution in [0, 0.1) is 0 Å². The van der Waals surface area contributed by atoms with E-state index in [-0.39, 0.29) is 0 Å². The highest BCUT2D eigenvalue weighted by Crippen LogP contribution is 2.16. The van der Waals surface area contributed by atoms with Crippen LogP contribution in [0.2, 0.25) is 0 Å². The number of ether oxygens (including phenoxy) is 1. The number of likely N-dealkylation sites (tertiary alicyclic amines) is 1. The third-order valence-electron chi connectivity index (χ3n) is 3.79. The van der Waals surface area contributed by atoms with Gasteiger partial charge in [-0.3, -0.25) is 9.58 Å². The zero-order valence-electron chi connectivity index (χ0n) is 11.9. The first-order valence-electron chi connectivity index (χ1n) is 7.31. The van der Waals surface area contributed by atoms with Gasteiger partial charge in [0.25, 0.3) is 0 Å². The average molecular weight is 266 g/mol. The molecule has 0 saturated carbocycles. The molecule has 1 fully saturated rings. The van der Waals surface area contributed by atoms with Gasteiger partial charge in [-0.1, -0.05) is 6.42 Å². The van der Waals surface area contributed by atoms with E-state index in [1.54, 1.807) is 7.11 Å². The summed E-state index contributed by atoms with van der Waals surface area (Å²) in [4.78, 5) is 2.60. The lowest BCUT2D eigenvalue weighted by atomic mass is 10.0. The molecule has 0 amide bonds. The zero-order valence-corrected chi connectivity index (χ0v) is 11.9. The van der Waals surface area contributed by atoms with Crippen LogP contribution in [0.25, 0.3) is 0 Å². The van der Waals surface area contributed by atoms with Crippen molar-refractivity contribution in [1.29, 1.82) is 0 Å². The predicted molar refractivity (Wildman–Crippen MR) is 76.2 cm³/mol. The zero-order chi connectivity index (χ0) is 13.3. The molecular formula is C14H26N4O. The Morgan fingerprint density at radius 3 is 3.11 bits per heavy atom. The minimum atomic E-state index is 0.668. The molecule has 0 bridgehead atoms. The Kier molecular flexibility index (Phi) is 6.33. The standard InChI is InChI=1S/C14H26N4O/c1-19-12-7-15-13-14-5-2-3-8-17(14)10-11-18-9-4-6-16-18/h4,6,9,14-15H,2-3,5,7-8,10-13H2,1H3. The summed E-state index contributed by atoms with van der Waals surface area (Å²) in [5.74, 6) is 0. The van der Waals surface area contributed by atoms with Crippen LogP contribution in [0.15, 0.2) is 18.5 Å². The largest absolute Gasteiger partial charge is 0.383 e. The van der Waals surface area contributed by atoms with Crippen LogP contribution in [0.3, 0.4) is 0 Å². The molecule has 0 spiro atoms. The monoisotopic (exact) mass is 266 g/mol. The van der Waals surface area contributed by atoms with Crippen molar-refractivity contribution in [3.8, 4) is 0 Å². The molecule has 108 valence electrons. The lowest BCUT2D eigenvalue weighted by Gasteiger charge is -2.35. The molecule has 1 aromatic heterocycles. The Balaban J connectivity index is 1.72. The summed E-state index contributed by atoms with van der Waals surface area (Å²) in [6.45, 7) is 6.11. The first kappa shape index (κ1) is 14.5.